The molecule has 0 saturated carbocycles. The number of piperidine rings is 1. The summed E-state index contributed by atoms with van der Waals surface area (Å²) in [5.74, 6) is 0.943. The lowest BCUT2D eigenvalue weighted by Gasteiger charge is -2.25. The van der Waals surface area contributed by atoms with Crippen LogP contribution in [0.3, 0.4) is 0 Å². The van der Waals surface area contributed by atoms with Crippen molar-refractivity contribution in [2.45, 2.75) is 18.9 Å². The Bertz CT molecular complexity index is 91.1. The average molecular weight is 126 g/mol. The van der Waals surface area contributed by atoms with Gasteiger partial charge in [-0.2, -0.15) is 0 Å². The van der Waals surface area contributed by atoms with Gasteiger partial charge in [0, 0.05) is 6.04 Å². The predicted octanol–water partition coefficient (Wildman–Crippen LogP) is -0.0422. The van der Waals surface area contributed by atoms with E-state index in [0.29, 0.717) is 0 Å². The first kappa shape index (κ1) is 5.69. The van der Waals surface area contributed by atoms with Crippen molar-refractivity contribution in [3.05, 3.63) is 0 Å². The van der Waals surface area contributed by atoms with Gasteiger partial charge in [0.25, 0.3) is 0 Å². The van der Waals surface area contributed by atoms with E-state index >= 15 is 0 Å². The molecule has 52 valence electrons. The summed E-state index contributed by atoms with van der Waals surface area (Å²) >= 11 is 0. The second kappa shape index (κ2) is 2.27. The Kier molecular flexibility index (Phi) is 1.44. The van der Waals surface area contributed by atoms with Gasteiger partial charge in [0.1, 0.15) is 0 Å². The Hall–Kier alpha value is -0.0800. The molecule has 2 rings (SSSR count). The quantitative estimate of drug-likeness (QED) is 0.476. The van der Waals surface area contributed by atoms with E-state index in [-0.39, 0.29) is 0 Å². The van der Waals surface area contributed by atoms with Crippen molar-refractivity contribution in [1.29, 1.82) is 0 Å². The van der Waals surface area contributed by atoms with Crippen molar-refractivity contribution >= 4 is 0 Å². The fourth-order valence-electron chi connectivity index (χ4n) is 1.95. The third-order valence-corrected chi connectivity index (χ3v) is 2.53. The predicted molar refractivity (Wildman–Crippen MR) is 37.4 cm³/mol. The molecule has 2 saturated heterocycles. The van der Waals surface area contributed by atoms with E-state index in [9.17, 15) is 0 Å². The maximum atomic E-state index is 3.52. The van der Waals surface area contributed by atoms with Gasteiger partial charge in [-0.3, -0.25) is 0 Å². The first-order valence-electron chi connectivity index (χ1n) is 3.91. The second-order valence-corrected chi connectivity index (χ2v) is 3.10. The standard InChI is InChI=1S/C7H14N2/c1-4-9-7-2-3-8-5-6(1)7/h6-9H,1-5H2/t6-,7+/m1/s1. The van der Waals surface area contributed by atoms with Crippen LogP contribution in [0.15, 0.2) is 0 Å². The molecule has 0 aromatic carbocycles. The summed E-state index contributed by atoms with van der Waals surface area (Å²) in [5.41, 5.74) is 0. The number of nitrogens with one attached hydrogen (secondary N) is 2. The van der Waals surface area contributed by atoms with Gasteiger partial charge in [0.2, 0.25) is 0 Å². The Balaban J connectivity index is 1.97. The molecule has 0 aromatic heterocycles. The highest BCUT2D eigenvalue weighted by atomic mass is 15.0. The van der Waals surface area contributed by atoms with Crippen LogP contribution in [0.5, 0.6) is 0 Å². The van der Waals surface area contributed by atoms with Gasteiger partial charge in [-0.15, -0.1) is 0 Å². The van der Waals surface area contributed by atoms with Gasteiger partial charge in [0.15, 0.2) is 0 Å². The molecule has 0 aromatic rings. The van der Waals surface area contributed by atoms with Crippen molar-refractivity contribution in [3.63, 3.8) is 0 Å². The van der Waals surface area contributed by atoms with E-state index in [1.54, 1.807) is 0 Å². The van der Waals surface area contributed by atoms with Gasteiger partial charge < -0.3 is 10.6 Å². The van der Waals surface area contributed by atoms with Gasteiger partial charge in [-0.25, -0.2) is 0 Å². The highest BCUT2D eigenvalue weighted by molar-refractivity contribution is 4.88. The molecule has 9 heavy (non-hydrogen) atoms. The van der Waals surface area contributed by atoms with Gasteiger partial charge in [-0.05, 0) is 38.4 Å². The van der Waals surface area contributed by atoms with Crippen molar-refractivity contribution in [3.8, 4) is 0 Å². The summed E-state index contributed by atoms with van der Waals surface area (Å²) in [4.78, 5) is 0. The van der Waals surface area contributed by atoms with E-state index in [0.717, 1.165) is 12.0 Å². The molecular weight excluding hydrogens is 112 g/mol. The van der Waals surface area contributed by atoms with Crippen LogP contribution in [-0.2, 0) is 0 Å². The highest BCUT2D eigenvalue weighted by Crippen LogP contribution is 2.19. The molecule has 0 aliphatic carbocycles. The molecule has 0 amide bonds. The minimum absolute atomic E-state index is 0.853. The molecule has 2 aliphatic heterocycles. The summed E-state index contributed by atoms with van der Waals surface area (Å²) < 4.78 is 0. The lowest BCUT2D eigenvalue weighted by molar-refractivity contribution is 0.344. The summed E-state index contributed by atoms with van der Waals surface area (Å²) in [6.07, 6.45) is 2.72. The van der Waals surface area contributed by atoms with Crippen LogP contribution in [0.4, 0.5) is 0 Å². The lowest BCUT2D eigenvalue weighted by atomic mass is 9.95. The van der Waals surface area contributed by atoms with Crippen LogP contribution in [-0.4, -0.2) is 25.7 Å². The summed E-state index contributed by atoms with van der Waals surface area (Å²) in [6.45, 7) is 3.71. The minimum atomic E-state index is 0.853. The number of hydrogen-bond donors (Lipinski definition) is 2. The number of hydrogen-bond acceptors (Lipinski definition) is 2. The van der Waals surface area contributed by atoms with Crippen molar-refractivity contribution in [2.75, 3.05) is 19.6 Å². The SMILES string of the molecule is C1C[C@@H]2NCC[C@@H]2CN1. The molecule has 0 radical (unpaired) electrons. The number of fused-ring (bicyclic) bond motifs is 1. The molecule has 2 nitrogen and oxygen atoms in total. The summed E-state index contributed by atoms with van der Waals surface area (Å²) in [6, 6.07) is 0.853. The van der Waals surface area contributed by atoms with Crippen LogP contribution in [0.2, 0.25) is 0 Å². The Morgan fingerprint density at radius 2 is 2.11 bits per heavy atom. The van der Waals surface area contributed by atoms with E-state index in [1.165, 1.54) is 32.5 Å². The highest BCUT2D eigenvalue weighted by Gasteiger charge is 2.28. The molecule has 2 aliphatic rings. The zero-order valence-electron chi connectivity index (χ0n) is 5.69. The van der Waals surface area contributed by atoms with Gasteiger partial charge in [-0.1, -0.05) is 0 Å². The molecule has 0 unspecified atom stereocenters. The topological polar surface area (TPSA) is 24.1 Å². The molecule has 2 heteroatoms. The Morgan fingerprint density at radius 1 is 1.11 bits per heavy atom. The zero-order chi connectivity index (χ0) is 6.10. The molecule has 0 bridgehead atoms. The summed E-state index contributed by atoms with van der Waals surface area (Å²) in [5, 5.41) is 6.93. The van der Waals surface area contributed by atoms with Crippen molar-refractivity contribution in [2.24, 2.45) is 5.92 Å². The minimum Gasteiger partial charge on any atom is -0.316 e. The van der Waals surface area contributed by atoms with Crippen LogP contribution in [0, 0.1) is 5.92 Å². The molecule has 2 atom stereocenters. The largest absolute Gasteiger partial charge is 0.316 e. The summed E-state index contributed by atoms with van der Waals surface area (Å²) in [7, 11) is 0. The van der Waals surface area contributed by atoms with Crippen LogP contribution < -0.4 is 10.6 Å². The average Bonchev–Trinajstić information content (AvgIpc) is 2.33. The normalized spacial score (nSPS) is 42.7. The van der Waals surface area contributed by atoms with Crippen LogP contribution >= 0.6 is 0 Å². The van der Waals surface area contributed by atoms with Crippen molar-refractivity contribution < 1.29 is 0 Å². The lowest BCUT2D eigenvalue weighted by Crippen LogP contribution is -2.41. The van der Waals surface area contributed by atoms with Crippen LogP contribution in [0.1, 0.15) is 12.8 Å². The number of rotatable bonds is 0. The second-order valence-electron chi connectivity index (χ2n) is 3.10. The maximum absolute atomic E-state index is 3.52. The third kappa shape index (κ3) is 0.970. The fraction of sp³-hybridized carbons (Fsp3) is 1.00. The Morgan fingerprint density at radius 3 is 3.00 bits per heavy atom. The van der Waals surface area contributed by atoms with E-state index < -0.39 is 0 Å². The molecule has 2 N–H and O–H groups in total. The molecule has 2 fully saturated rings. The smallest absolute Gasteiger partial charge is 0.0120 e. The van der Waals surface area contributed by atoms with Crippen molar-refractivity contribution in [1.82, 2.24) is 10.6 Å². The molecule has 2 heterocycles. The first-order chi connectivity index (χ1) is 4.47. The fourth-order valence-corrected chi connectivity index (χ4v) is 1.95. The van der Waals surface area contributed by atoms with Gasteiger partial charge in [0.05, 0.1) is 0 Å². The Labute approximate surface area is 56.0 Å². The zero-order valence-corrected chi connectivity index (χ0v) is 5.69. The van der Waals surface area contributed by atoms with Crippen LogP contribution in [0.25, 0.3) is 0 Å². The van der Waals surface area contributed by atoms with Gasteiger partial charge >= 0.3 is 0 Å². The monoisotopic (exact) mass is 126 g/mol. The van der Waals surface area contributed by atoms with E-state index in [2.05, 4.69) is 10.6 Å². The third-order valence-electron chi connectivity index (χ3n) is 2.53. The van der Waals surface area contributed by atoms with E-state index in [1.807, 2.05) is 0 Å². The first-order valence-corrected chi connectivity index (χ1v) is 3.91. The maximum Gasteiger partial charge on any atom is 0.0120 e. The molecular formula is C7H14N2. The van der Waals surface area contributed by atoms with E-state index in [4.69, 9.17) is 0 Å². The molecule has 0 spiro atoms.